The van der Waals surface area contributed by atoms with Crippen LogP contribution in [0.1, 0.15) is 23.4 Å². The van der Waals surface area contributed by atoms with Crippen molar-refractivity contribution >= 4 is 40.2 Å². The lowest BCUT2D eigenvalue weighted by Gasteiger charge is -2.19. The third-order valence-electron chi connectivity index (χ3n) is 3.49. The lowest BCUT2D eigenvalue weighted by molar-refractivity contribution is -0.140. The molecule has 1 aromatic heterocycles. The van der Waals surface area contributed by atoms with E-state index in [0.29, 0.717) is 16.8 Å². The van der Waals surface area contributed by atoms with Crippen molar-refractivity contribution in [2.24, 2.45) is 0 Å². The molecule has 108 valence electrons. The van der Waals surface area contributed by atoms with Gasteiger partial charge in [-0.2, -0.15) is 0 Å². The van der Waals surface area contributed by atoms with E-state index < -0.39 is 12.0 Å². The first-order valence-corrected chi connectivity index (χ1v) is 8.49. The Labute approximate surface area is 124 Å². The minimum Gasteiger partial charge on any atom is -0.480 e. The zero-order valence-electron chi connectivity index (χ0n) is 10.8. The quantitative estimate of drug-likeness (QED) is 0.873. The Morgan fingerprint density at radius 3 is 2.90 bits per heavy atom. The highest BCUT2D eigenvalue weighted by Crippen LogP contribution is 2.30. The molecule has 2 amide bonds. The number of urea groups is 1. The fourth-order valence-electron chi connectivity index (χ4n) is 2.42. The summed E-state index contributed by atoms with van der Waals surface area (Å²) in [6.45, 7) is 0. The maximum absolute atomic E-state index is 12.1. The molecule has 1 atom stereocenters. The molecule has 1 aliphatic heterocycles. The third kappa shape index (κ3) is 2.62. The lowest BCUT2D eigenvalue weighted by atomic mass is 10.0. The Bertz CT molecular complexity index is 523. The van der Waals surface area contributed by atoms with Crippen LogP contribution in [0.15, 0.2) is 0 Å². The van der Waals surface area contributed by atoms with Gasteiger partial charge in [0.1, 0.15) is 6.04 Å². The number of carbonyl (C=O) groups is 2. The summed E-state index contributed by atoms with van der Waals surface area (Å²) >= 11 is 2.96. The molecule has 2 heterocycles. The van der Waals surface area contributed by atoms with E-state index >= 15 is 0 Å². The van der Waals surface area contributed by atoms with Crippen molar-refractivity contribution in [2.75, 3.05) is 16.9 Å². The number of amides is 2. The molecule has 2 N–H and O–H groups in total. The van der Waals surface area contributed by atoms with Gasteiger partial charge in [-0.25, -0.2) is 14.6 Å². The largest absolute Gasteiger partial charge is 0.480 e. The molecule has 2 aliphatic rings. The highest BCUT2D eigenvalue weighted by atomic mass is 32.2. The van der Waals surface area contributed by atoms with Crippen molar-refractivity contribution in [1.29, 1.82) is 0 Å². The highest BCUT2D eigenvalue weighted by Gasteiger charge is 2.35. The molecule has 0 aromatic carbocycles. The fourth-order valence-corrected chi connectivity index (χ4v) is 4.60. The van der Waals surface area contributed by atoms with Crippen LogP contribution in [0.25, 0.3) is 0 Å². The molecule has 1 aromatic rings. The molecular formula is C12H15N3O3S2. The molecule has 20 heavy (non-hydrogen) atoms. The maximum atomic E-state index is 12.1. The second-order valence-electron chi connectivity index (χ2n) is 4.85. The lowest BCUT2D eigenvalue weighted by Crippen LogP contribution is -2.43. The fraction of sp³-hybridized carbons (Fsp3) is 0.583. The number of thioether (sulfide) groups is 1. The molecule has 3 rings (SSSR count). The summed E-state index contributed by atoms with van der Waals surface area (Å²) in [5.74, 6) is -0.103. The number of carbonyl (C=O) groups excluding carboxylic acids is 1. The smallest absolute Gasteiger partial charge is 0.327 e. The summed E-state index contributed by atoms with van der Waals surface area (Å²) in [6.07, 6.45) is 4.32. The number of aryl methyl sites for hydroxylation is 2. The number of nitrogens with one attached hydrogen (secondary N) is 1. The van der Waals surface area contributed by atoms with Crippen LogP contribution in [-0.2, 0) is 17.6 Å². The molecular weight excluding hydrogens is 298 g/mol. The van der Waals surface area contributed by atoms with Gasteiger partial charge < -0.3 is 10.0 Å². The van der Waals surface area contributed by atoms with Gasteiger partial charge in [0.15, 0.2) is 5.13 Å². The average molecular weight is 313 g/mol. The minimum absolute atomic E-state index is 0.367. The van der Waals surface area contributed by atoms with E-state index in [1.54, 1.807) is 0 Å². The normalized spacial score (nSPS) is 21.6. The SMILES string of the molecule is O=C(O)C1CSCN1C(=O)Nc1nc2c(s1)CCCC2. The Balaban J connectivity index is 1.69. The van der Waals surface area contributed by atoms with E-state index in [0.717, 1.165) is 25.0 Å². The van der Waals surface area contributed by atoms with Crippen LogP contribution in [-0.4, -0.2) is 44.7 Å². The first-order chi connectivity index (χ1) is 9.65. The number of rotatable bonds is 2. The van der Waals surface area contributed by atoms with Crippen molar-refractivity contribution in [1.82, 2.24) is 9.88 Å². The number of hydrogen-bond acceptors (Lipinski definition) is 5. The van der Waals surface area contributed by atoms with E-state index in [2.05, 4.69) is 10.3 Å². The van der Waals surface area contributed by atoms with Gasteiger partial charge in [-0.05, 0) is 25.7 Å². The van der Waals surface area contributed by atoms with Gasteiger partial charge in [0.05, 0.1) is 11.6 Å². The number of nitrogens with zero attached hydrogens (tertiary/aromatic N) is 2. The molecule has 1 unspecified atom stereocenters. The van der Waals surface area contributed by atoms with Crippen LogP contribution in [0.5, 0.6) is 0 Å². The van der Waals surface area contributed by atoms with E-state index in [4.69, 9.17) is 5.11 Å². The second-order valence-corrected chi connectivity index (χ2v) is 6.93. The van der Waals surface area contributed by atoms with Gasteiger partial charge in [-0.15, -0.1) is 23.1 Å². The summed E-state index contributed by atoms with van der Waals surface area (Å²) in [5.41, 5.74) is 1.09. The zero-order chi connectivity index (χ0) is 14.1. The topological polar surface area (TPSA) is 82.5 Å². The molecule has 0 radical (unpaired) electrons. The summed E-state index contributed by atoms with van der Waals surface area (Å²) in [7, 11) is 0. The Morgan fingerprint density at radius 1 is 1.35 bits per heavy atom. The summed E-state index contributed by atoms with van der Waals surface area (Å²) in [6, 6.07) is -1.11. The molecule has 1 aliphatic carbocycles. The van der Waals surface area contributed by atoms with Crippen molar-refractivity contribution in [3.8, 4) is 0 Å². The summed E-state index contributed by atoms with van der Waals surface area (Å²) in [5, 5.41) is 12.4. The standard InChI is InChI=1S/C12H15N3O3S2/c16-10(17)8-5-19-6-15(8)12(18)14-11-13-7-3-1-2-4-9(7)20-11/h8H,1-6H2,(H,16,17)(H,13,14,18). The van der Waals surface area contributed by atoms with Crippen LogP contribution in [0.2, 0.25) is 0 Å². The van der Waals surface area contributed by atoms with Crippen LogP contribution >= 0.6 is 23.1 Å². The number of carboxylic acids is 1. The summed E-state index contributed by atoms with van der Waals surface area (Å²) < 4.78 is 0. The van der Waals surface area contributed by atoms with Gasteiger partial charge in [0.25, 0.3) is 0 Å². The van der Waals surface area contributed by atoms with Crippen molar-refractivity contribution in [3.05, 3.63) is 10.6 Å². The predicted molar refractivity (Wildman–Crippen MR) is 78.4 cm³/mol. The number of hydrogen-bond donors (Lipinski definition) is 2. The van der Waals surface area contributed by atoms with E-state index in [1.807, 2.05) is 0 Å². The average Bonchev–Trinajstić information content (AvgIpc) is 3.04. The number of fused-ring (bicyclic) bond motifs is 1. The number of aromatic nitrogens is 1. The minimum atomic E-state index is -0.955. The zero-order valence-corrected chi connectivity index (χ0v) is 12.4. The number of aliphatic carboxylic acids is 1. The molecule has 1 saturated heterocycles. The highest BCUT2D eigenvalue weighted by molar-refractivity contribution is 7.99. The Kier molecular flexibility index (Phi) is 3.84. The molecule has 1 fully saturated rings. The van der Waals surface area contributed by atoms with Crippen molar-refractivity contribution < 1.29 is 14.7 Å². The molecule has 0 bridgehead atoms. The van der Waals surface area contributed by atoms with Crippen molar-refractivity contribution in [3.63, 3.8) is 0 Å². The third-order valence-corrected chi connectivity index (χ3v) is 5.57. The van der Waals surface area contributed by atoms with Gasteiger partial charge in [0, 0.05) is 10.6 Å². The van der Waals surface area contributed by atoms with E-state index in [1.165, 1.54) is 39.3 Å². The summed E-state index contributed by atoms with van der Waals surface area (Å²) in [4.78, 5) is 30.3. The van der Waals surface area contributed by atoms with Crippen molar-refractivity contribution in [2.45, 2.75) is 31.7 Å². The number of carboxylic acid groups (broad SMARTS) is 1. The van der Waals surface area contributed by atoms with Crippen LogP contribution in [0, 0.1) is 0 Å². The van der Waals surface area contributed by atoms with Gasteiger partial charge in [-0.1, -0.05) is 0 Å². The molecule has 0 spiro atoms. The van der Waals surface area contributed by atoms with E-state index in [9.17, 15) is 9.59 Å². The Hall–Kier alpha value is -1.28. The van der Waals surface area contributed by atoms with Crippen LogP contribution in [0.4, 0.5) is 9.93 Å². The number of thiazole rings is 1. The monoisotopic (exact) mass is 313 g/mol. The molecule has 0 saturated carbocycles. The number of anilines is 1. The van der Waals surface area contributed by atoms with Crippen LogP contribution in [0.3, 0.4) is 0 Å². The predicted octanol–water partition coefficient (Wildman–Crippen LogP) is 2.01. The van der Waals surface area contributed by atoms with Crippen LogP contribution < -0.4 is 5.32 Å². The first-order valence-electron chi connectivity index (χ1n) is 6.52. The first kappa shape index (κ1) is 13.7. The van der Waals surface area contributed by atoms with Gasteiger partial charge in [0.2, 0.25) is 0 Å². The maximum Gasteiger partial charge on any atom is 0.327 e. The molecule has 8 heteroatoms. The Morgan fingerprint density at radius 2 is 2.15 bits per heavy atom. The molecule has 6 nitrogen and oxygen atoms in total. The van der Waals surface area contributed by atoms with Gasteiger partial charge >= 0.3 is 12.0 Å². The second kappa shape index (κ2) is 5.61. The van der Waals surface area contributed by atoms with Gasteiger partial charge in [-0.3, -0.25) is 5.32 Å². The van der Waals surface area contributed by atoms with E-state index in [-0.39, 0.29) is 6.03 Å².